The Balaban J connectivity index is 1.09. The molecule has 210 valence electrons. The third kappa shape index (κ3) is 5.71. The second-order valence-electron chi connectivity index (χ2n) is 11.1. The van der Waals surface area contributed by atoms with Crippen molar-refractivity contribution < 1.29 is 4.92 Å². The summed E-state index contributed by atoms with van der Waals surface area (Å²) in [4.78, 5) is 26.2. The van der Waals surface area contributed by atoms with Crippen LogP contribution in [0.1, 0.15) is 31.4 Å². The van der Waals surface area contributed by atoms with Crippen LogP contribution in [0.25, 0.3) is 32.9 Å². The van der Waals surface area contributed by atoms with Crippen molar-refractivity contribution in [1.29, 1.82) is 0 Å². The molecule has 9 heteroatoms. The highest BCUT2D eigenvalue weighted by atomic mass is 16.6. The van der Waals surface area contributed by atoms with Crippen molar-refractivity contribution in [3.8, 4) is 11.1 Å². The molecule has 0 radical (unpaired) electrons. The van der Waals surface area contributed by atoms with Crippen molar-refractivity contribution in [2.24, 2.45) is 5.92 Å². The summed E-state index contributed by atoms with van der Waals surface area (Å²) in [6.45, 7) is 1.59. The molecule has 9 nitrogen and oxygen atoms in total. The molecule has 2 aromatic heterocycles. The fourth-order valence-corrected chi connectivity index (χ4v) is 5.98. The predicted molar refractivity (Wildman–Crippen MR) is 165 cm³/mol. The van der Waals surface area contributed by atoms with E-state index in [2.05, 4.69) is 33.8 Å². The fraction of sp³-hybridized carbons (Fsp3) is 0.312. The van der Waals surface area contributed by atoms with Crippen molar-refractivity contribution in [3.05, 3.63) is 88.6 Å². The Bertz CT molecular complexity index is 1670. The molecule has 1 aliphatic rings. The van der Waals surface area contributed by atoms with E-state index in [0.29, 0.717) is 24.5 Å². The van der Waals surface area contributed by atoms with Gasteiger partial charge in [-0.3, -0.25) is 10.1 Å². The molecular formula is C32H35N7O2. The van der Waals surface area contributed by atoms with Gasteiger partial charge in [-0.05, 0) is 61.9 Å². The number of nitrogens with zero attached hydrogens (tertiary/aromatic N) is 4. The number of nitrogens with one attached hydrogen (secondary N) is 3. The average molecular weight is 550 g/mol. The average Bonchev–Trinajstić information content (AvgIpc) is 3.35. The second-order valence-corrected chi connectivity index (χ2v) is 11.1. The van der Waals surface area contributed by atoms with Gasteiger partial charge in [-0.2, -0.15) is 4.98 Å². The lowest BCUT2D eigenvalue weighted by Crippen LogP contribution is -2.31. The number of nitro benzene ring substituents is 1. The molecule has 0 bridgehead atoms. The number of H-pyrrole nitrogens is 1. The Morgan fingerprint density at radius 1 is 0.951 bits per heavy atom. The summed E-state index contributed by atoms with van der Waals surface area (Å²) in [5, 5.41) is 20.6. The predicted octanol–water partition coefficient (Wildman–Crippen LogP) is 6.51. The molecule has 5 aromatic rings. The molecule has 0 aliphatic heterocycles. The van der Waals surface area contributed by atoms with Gasteiger partial charge in [-0.15, -0.1) is 0 Å². The highest BCUT2D eigenvalue weighted by Crippen LogP contribution is 2.35. The van der Waals surface area contributed by atoms with Crippen molar-refractivity contribution in [3.63, 3.8) is 0 Å². The Morgan fingerprint density at radius 3 is 2.46 bits per heavy atom. The van der Waals surface area contributed by atoms with Crippen LogP contribution in [0.15, 0.2) is 72.8 Å². The molecule has 0 unspecified atom stereocenters. The van der Waals surface area contributed by atoms with Gasteiger partial charge in [-0.25, -0.2) is 4.98 Å². The first-order valence-electron chi connectivity index (χ1n) is 14.2. The minimum absolute atomic E-state index is 0.102. The van der Waals surface area contributed by atoms with Crippen molar-refractivity contribution in [1.82, 2.24) is 20.3 Å². The van der Waals surface area contributed by atoms with E-state index in [9.17, 15) is 10.1 Å². The number of non-ortho nitro benzene ring substituents is 1. The Labute approximate surface area is 239 Å². The molecule has 41 heavy (non-hydrogen) atoms. The van der Waals surface area contributed by atoms with Crippen LogP contribution in [0, 0.1) is 16.0 Å². The largest absolute Gasteiger partial charge is 0.362 e. The molecule has 0 saturated heterocycles. The van der Waals surface area contributed by atoms with Crippen LogP contribution in [-0.4, -0.2) is 46.6 Å². The number of hydrogen-bond acceptors (Lipinski definition) is 7. The maximum absolute atomic E-state index is 11.4. The van der Waals surface area contributed by atoms with Crippen LogP contribution < -0.4 is 15.5 Å². The first-order valence-corrected chi connectivity index (χ1v) is 14.2. The van der Waals surface area contributed by atoms with E-state index in [-0.39, 0.29) is 10.6 Å². The van der Waals surface area contributed by atoms with Gasteiger partial charge in [0.1, 0.15) is 5.82 Å². The Kier molecular flexibility index (Phi) is 7.52. The number of rotatable bonds is 9. The van der Waals surface area contributed by atoms with Crippen LogP contribution in [0.2, 0.25) is 0 Å². The number of benzene rings is 3. The fourth-order valence-electron chi connectivity index (χ4n) is 5.98. The SMILES string of the molecule is CN(C)c1nc(NC2CCC(CNCc3[nH]c4ccc([N+](=O)[O-])cc4c3-c3ccccc3)CC2)nc2ccccc12. The van der Waals surface area contributed by atoms with E-state index in [1.165, 1.54) is 0 Å². The van der Waals surface area contributed by atoms with E-state index in [1.807, 2.05) is 55.4 Å². The maximum Gasteiger partial charge on any atom is 0.270 e. The lowest BCUT2D eigenvalue weighted by Gasteiger charge is -2.29. The van der Waals surface area contributed by atoms with Crippen LogP contribution in [0.3, 0.4) is 0 Å². The van der Waals surface area contributed by atoms with E-state index in [4.69, 9.17) is 9.97 Å². The number of aromatic amines is 1. The first kappa shape index (κ1) is 26.7. The summed E-state index contributed by atoms with van der Waals surface area (Å²) in [5.41, 5.74) is 5.09. The third-order valence-corrected chi connectivity index (χ3v) is 8.05. The molecule has 3 aromatic carbocycles. The maximum atomic E-state index is 11.4. The van der Waals surface area contributed by atoms with Gasteiger partial charge in [0.25, 0.3) is 5.69 Å². The standard InChI is InChI=1S/C32H35N7O2/c1-38(2)31-25-10-6-7-11-27(25)36-32(37-31)34-23-14-12-21(13-15-23)19-33-20-29-30(22-8-4-3-5-9-22)26-18-24(39(40)41)16-17-28(26)35-29/h3-11,16-18,21,23,33,35H,12-15,19-20H2,1-2H3,(H,34,36,37). The number of aromatic nitrogens is 3. The van der Waals surface area contributed by atoms with Crippen LogP contribution >= 0.6 is 0 Å². The van der Waals surface area contributed by atoms with Gasteiger partial charge < -0.3 is 20.5 Å². The molecule has 1 aliphatic carbocycles. The smallest absolute Gasteiger partial charge is 0.270 e. The molecule has 0 spiro atoms. The van der Waals surface area contributed by atoms with Crippen LogP contribution in [0.4, 0.5) is 17.5 Å². The van der Waals surface area contributed by atoms with Gasteiger partial charge in [0.2, 0.25) is 5.95 Å². The Hall–Kier alpha value is -4.50. The lowest BCUT2D eigenvalue weighted by atomic mass is 9.86. The van der Waals surface area contributed by atoms with E-state index >= 15 is 0 Å². The first-order chi connectivity index (χ1) is 20.0. The van der Waals surface area contributed by atoms with E-state index in [0.717, 1.165) is 76.7 Å². The molecular weight excluding hydrogens is 514 g/mol. The molecule has 6 rings (SSSR count). The Morgan fingerprint density at radius 2 is 1.71 bits per heavy atom. The number of para-hydroxylation sites is 1. The van der Waals surface area contributed by atoms with Gasteiger partial charge >= 0.3 is 0 Å². The van der Waals surface area contributed by atoms with Gasteiger partial charge in [0.15, 0.2) is 0 Å². The number of anilines is 2. The topological polar surface area (TPSA) is 112 Å². The summed E-state index contributed by atoms with van der Waals surface area (Å²) < 4.78 is 0. The quantitative estimate of drug-likeness (QED) is 0.142. The van der Waals surface area contributed by atoms with Gasteiger partial charge in [0.05, 0.1) is 10.4 Å². The monoisotopic (exact) mass is 549 g/mol. The number of nitro groups is 1. The van der Waals surface area contributed by atoms with E-state index in [1.54, 1.807) is 18.2 Å². The van der Waals surface area contributed by atoms with Gasteiger partial charge in [0, 0.05) is 66.4 Å². The minimum atomic E-state index is -0.336. The van der Waals surface area contributed by atoms with Crippen LogP contribution in [-0.2, 0) is 6.54 Å². The molecule has 1 saturated carbocycles. The third-order valence-electron chi connectivity index (χ3n) is 8.05. The highest BCUT2D eigenvalue weighted by Gasteiger charge is 2.23. The highest BCUT2D eigenvalue weighted by molar-refractivity contribution is 5.98. The molecule has 0 amide bonds. The summed E-state index contributed by atoms with van der Waals surface area (Å²) in [6.07, 6.45) is 4.41. The molecule has 2 heterocycles. The number of fused-ring (bicyclic) bond motifs is 2. The van der Waals surface area contributed by atoms with Crippen molar-refractivity contribution in [2.75, 3.05) is 30.9 Å². The normalized spacial score (nSPS) is 17.1. The van der Waals surface area contributed by atoms with Crippen LogP contribution in [0.5, 0.6) is 0 Å². The summed E-state index contributed by atoms with van der Waals surface area (Å²) in [5.74, 6) is 2.22. The van der Waals surface area contributed by atoms with Gasteiger partial charge in [-0.1, -0.05) is 42.5 Å². The number of hydrogen-bond donors (Lipinski definition) is 3. The molecule has 0 atom stereocenters. The summed E-state index contributed by atoms with van der Waals surface area (Å²) >= 11 is 0. The molecule has 3 N–H and O–H groups in total. The van der Waals surface area contributed by atoms with Crippen molar-refractivity contribution in [2.45, 2.75) is 38.3 Å². The lowest BCUT2D eigenvalue weighted by molar-refractivity contribution is -0.384. The minimum Gasteiger partial charge on any atom is -0.362 e. The molecule has 1 fully saturated rings. The van der Waals surface area contributed by atoms with Crippen molar-refractivity contribution >= 4 is 39.3 Å². The summed E-state index contributed by atoms with van der Waals surface area (Å²) in [7, 11) is 4.03. The zero-order valence-corrected chi connectivity index (χ0v) is 23.4. The summed E-state index contributed by atoms with van der Waals surface area (Å²) in [6, 6.07) is 23.6. The second kappa shape index (κ2) is 11.5. The zero-order chi connectivity index (χ0) is 28.3. The van der Waals surface area contributed by atoms with E-state index < -0.39 is 0 Å². The zero-order valence-electron chi connectivity index (χ0n) is 23.4.